The molecule has 1 amide bonds. The van der Waals surface area contributed by atoms with Gasteiger partial charge in [-0.3, -0.25) is 4.79 Å². The third-order valence-electron chi connectivity index (χ3n) is 2.88. The minimum atomic E-state index is -0.533. The van der Waals surface area contributed by atoms with Crippen molar-refractivity contribution in [1.29, 1.82) is 0 Å². The number of rotatable bonds is 4. The van der Waals surface area contributed by atoms with Crippen molar-refractivity contribution < 1.29 is 4.79 Å². The fourth-order valence-electron chi connectivity index (χ4n) is 1.82. The Hall–Kier alpha value is -1.35. The second-order valence-electron chi connectivity index (χ2n) is 4.86. The quantitative estimate of drug-likeness (QED) is 0.867. The molecule has 3 nitrogen and oxygen atoms in total. The second kappa shape index (κ2) is 5.32. The molecule has 0 spiro atoms. The van der Waals surface area contributed by atoms with E-state index in [9.17, 15) is 4.79 Å². The molecular weight excluding hydrogens is 212 g/mol. The number of anilines is 1. The largest absolute Gasteiger partial charge is 0.314 e. The van der Waals surface area contributed by atoms with E-state index in [-0.39, 0.29) is 5.91 Å². The van der Waals surface area contributed by atoms with Gasteiger partial charge >= 0.3 is 0 Å². The van der Waals surface area contributed by atoms with Crippen LogP contribution >= 0.6 is 0 Å². The molecule has 0 aliphatic carbocycles. The molecule has 1 rings (SSSR count). The third kappa shape index (κ3) is 3.30. The number of carbonyl (C=O) groups excluding carboxylic acids is 1. The molecule has 17 heavy (non-hydrogen) atoms. The Balaban J connectivity index is 2.86. The molecule has 1 N–H and O–H groups in total. The number of aryl methyl sites for hydroxylation is 1. The topological polar surface area (TPSA) is 32.3 Å². The van der Waals surface area contributed by atoms with Crippen molar-refractivity contribution in [2.45, 2.75) is 33.2 Å². The van der Waals surface area contributed by atoms with Crippen molar-refractivity contribution in [3.63, 3.8) is 0 Å². The number of hydrogen-bond acceptors (Lipinski definition) is 2. The molecule has 0 heterocycles. The highest BCUT2D eigenvalue weighted by Gasteiger charge is 2.29. The van der Waals surface area contributed by atoms with Crippen LogP contribution in [0.25, 0.3) is 0 Å². The molecule has 0 bridgehead atoms. The molecule has 0 aliphatic heterocycles. The van der Waals surface area contributed by atoms with Crippen molar-refractivity contribution in [1.82, 2.24) is 5.32 Å². The van der Waals surface area contributed by atoms with Crippen LogP contribution in [0.5, 0.6) is 0 Å². The highest BCUT2D eigenvalue weighted by Crippen LogP contribution is 2.17. The summed E-state index contributed by atoms with van der Waals surface area (Å²) < 4.78 is 0. The average molecular weight is 234 g/mol. The lowest BCUT2D eigenvalue weighted by atomic mass is 10.0. The smallest absolute Gasteiger partial charge is 0.246 e. The van der Waals surface area contributed by atoms with Crippen LogP contribution in [-0.2, 0) is 4.79 Å². The standard InChI is InChI=1S/C14H22N2O/c1-6-15-14(3,4)13(17)16(5)12-9-7-11(2)8-10-12/h7-10,15H,6H2,1-5H3. The number of nitrogens with zero attached hydrogens (tertiary/aromatic N) is 1. The van der Waals surface area contributed by atoms with Crippen LogP contribution in [-0.4, -0.2) is 25.0 Å². The van der Waals surface area contributed by atoms with Gasteiger partial charge in [0, 0.05) is 12.7 Å². The van der Waals surface area contributed by atoms with Crippen LogP contribution in [0.4, 0.5) is 5.69 Å². The molecule has 94 valence electrons. The fraction of sp³-hybridized carbons (Fsp3) is 0.500. The molecule has 0 unspecified atom stereocenters. The Bertz CT molecular complexity index is 382. The van der Waals surface area contributed by atoms with E-state index in [1.54, 1.807) is 4.90 Å². The first-order chi connectivity index (χ1) is 7.88. The first-order valence-corrected chi connectivity index (χ1v) is 5.98. The minimum absolute atomic E-state index is 0.0724. The Labute approximate surface area is 104 Å². The van der Waals surface area contributed by atoms with Gasteiger partial charge in [0.2, 0.25) is 5.91 Å². The lowest BCUT2D eigenvalue weighted by molar-refractivity contribution is -0.123. The van der Waals surface area contributed by atoms with E-state index in [2.05, 4.69) is 5.32 Å². The summed E-state index contributed by atoms with van der Waals surface area (Å²) in [6, 6.07) is 7.96. The molecule has 1 aromatic carbocycles. The zero-order chi connectivity index (χ0) is 13.1. The summed E-state index contributed by atoms with van der Waals surface area (Å²) in [5.41, 5.74) is 1.58. The predicted octanol–water partition coefficient (Wildman–Crippen LogP) is 2.35. The minimum Gasteiger partial charge on any atom is -0.314 e. The molecule has 0 fully saturated rings. The van der Waals surface area contributed by atoms with Crippen molar-refractivity contribution in [2.24, 2.45) is 0 Å². The van der Waals surface area contributed by atoms with E-state index in [1.807, 2.05) is 59.0 Å². The monoisotopic (exact) mass is 234 g/mol. The summed E-state index contributed by atoms with van der Waals surface area (Å²) >= 11 is 0. The maximum Gasteiger partial charge on any atom is 0.246 e. The van der Waals surface area contributed by atoms with Crippen LogP contribution in [0.2, 0.25) is 0 Å². The van der Waals surface area contributed by atoms with Gasteiger partial charge in [-0.15, -0.1) is 0 Å². The first kappa shape index (κ1) is 13.7. The van der Waals surface area contributed by atoms with E-state index in [0.717, 1.165) is 12.2 Å². The first-order valence-electron chi connectivity index (χ1n) is 5.98. The summed E-state index contributed by atoms with van der Waals surface area (Å²) in [6.07, 6.45) is 0. The van der Waals surface area contributed by atoms with E-state index >= 15 is 0 Å². The zero-order valence-corrected chi connectivity index (χ0v) is 11.4. The van der Waals surface area contributed by atoms with Crippen molar-refractivity contribution in [2.75, 3.05) is 18.5 Å². The predicted molar refractivity (Wildman–Crippen MR) is 72.3 cm³/mol. The van der Waals surface area contributed by atoms with E-state index < -0.39 is 5.54 Å². The van der Waals surface area contributed by atoms with Crippen LogP contribution in [0, 0.1) is 6.92 Å². The maximum atomic E-state index is 12.3. The van der Waals surface area contributed by atoms with Gasteiger partial charge in [-0.25, -0.2) is 0 Å². The molecule has 0 atom stereocenters. The summed E-state index contributed by atoms with van der Waals surface area (Å²) in [7, 11) is 1.81. The van der Waals surface area contributed by atoms with Crippen molar-refractivity contribution >= 4 is 11.6 Å². The van der Waals surface area contributed by atoms with Gasteiger partial charge in [-0.1, -0.05) is 24.6 Å². The molecule has 0 aromatic heterocycles. The lowest BCUT2D eigenvalue weighted by Crippen LogP contribution is -2.53. The Morgan fingerprint density at radius 3 is 2.29 bits per heavy atom. The Kier molecular flexibility index (Phi) is 4.29. The van der Waals surface area contributed by atoms with E-state index in [1.165, 1.54) is 5.56 Å². The number of carbonyl (C=O) groups is 1. The molecule has 0 saturated heterocycles. The van der Waals surface area contributed by atoms with Gasteiger partial charge in [0.05, 0.1) is 5.54 Å². The van der Waals surface area contributed by atoms with Crippen LogP contribution in [0.15, 0.2) is 24.3 Å². The van der Waals surface area contributed by atoms with Crippen molar-refractivity contribution in [3.8, 4) is 0 Å². The van der Waals surface area contributed by atoms with E-state index in [4.69, 9.17) is 0 Å². The van der Waals surface area contributed by atoms with Gasteiger partial charge in [0.1, 0.15) is 0 Å². The average Bonchev–Trinajstić information content (AvgIpc) is 2.28. The molecule has 0 radical (unpaired) electrons. The number of amides is 1. The van der Waals surface area contributed by atoms with Gasteiger partial charge < -0.3 is 10.2 Å². The molecular formula is C14H22N2O. The van der Waals surface area contributed by atoms with Crippen LogP contribution in [0.3, 0.4) is 0 Å². The van der Waals surface area contributed by atoms with Gasteiger partial charge in [0.25, 0.3) is 0 Å². The molecule has 0 aliphatic rings. The highest BCUT2D eigenvalue weighted by molar-refractivity contribution is 5.99. The summed E-state index contributed by atoms with van der Waals surface area (Å²) in [5.74, 6) is 0.0724. The number of hydrogen-bond donors (Lipinski definition) is 1. The zero-order valence-electron chi connectivity index (χ0n) is 11.4. The van der Waals surface area contributed by atoms with Gasteiger partial charge in [-0.05, 0) is 39.4 Å². The van der Waals surface area contributed by atoms with E-state index in [0.29, 0.717) is 0 Å². The molecule has 1 aromatic rings. The van der Waals surface area contributed by atoms with Gasteiger partial charge in [-0.2, -0.15) is 0 Å². The molecule has 3 heteroatoms. The summed E-state index contributed by atoms with van der Waals surface area (Å²) in [5, 5.41) is 3.19. The number of nitrogens with one attached hydrogen (secondary N) is 1. The van der Waals surface area contributed by atoms with Gasteiger partial charge in [0.15, 0.2) is 0 Å². The van der Waals surface area contributed by atoms with Crippen LogP contribution in [0.1, 0.15) is 26.3 Å². The highest BCUT2D eigenvalue weighted by atomic mass is 16.2. The summed E-state index contributed by atoms with van der Waals surface area (Å²) in [4.78, 5) is 14.0. The van der Waals surface area contributed by atoms with Crippen molar-refractivity contribution in [3.05, 3.63) is 29.8 Å². The lowest BCUT2D eigenvalue weighted by Gasteiger charge is -2.30. The molecule has 0 saturated carbocycles. The third-order valence-corrected chi connectivity index (χ3v) is 2.88. The SMILES string of the molecule is CCNC(C)(C)C(=O)N(C)c1ccc(C)cc1. The Morgan fingerprint density at radius 2 is 1.82 bits per heavy atom. The second-order valence-corrected chi connectivity index (χ2v) is 4.86. The fourth-order valence-corrected chi connectivity index (χ4v) is 1.82. The summed E-state index contributed by atoms with van der Waals surface area (Å²) in [6.45, 7) is 8.63. The number of benzene rings is 1. The number of likely N-dealkylation sites (N-methyl/N-ethyl adjacent to an activating group) is 2. The van der Waals surface area contributed by atoms with Crippen LogP contribution < -0.4 is 10.2 Å². The normalized spacial score (nSPS) is 11.4. The Morgan fingerprint density at radius 1 is 1.29 bits per heavy atom. The maximum absolute atomic E-state index is 12.3.